The van der Waals surface area contributed by atoms with Gasteiger partial charge in [-0.05, 0) is 55.0 Å². The highest BCUT2D eigenvalue weighted by Gasteiger charge is 2.21. The number of aromatic carboxylic acids is 1. The standard InChI is InChI=1S/C27H18O5/c1-16-6-9-18(10-7-16)31-19-11-13-23-25(15-19)32-24-14-17(28)8-12-22(24)26(23)20-4-2-3-5-21(20)27(29)30/h2-15H,1H3,(H,29,30). The monoisotopic (exact) mass is 422 g/mol. The number of benzene rings is 4. The summed E-state index contributed by atoms with van der Waals surface area (Å²) in [4.78, 5) is 23.9. The quantitative estimate of drug-likeness (QED) is 0.341. The smallest absolute Gasteiger partial charge is 0.336 e. The number of aryl methyl sites for hydroxylation is 1. The maximum Gasteiger partial charge on any atom is 0.336 e. The fourth-order valence-corrected chi connectivity index (χ4v) is 3.83. The molecule has 1 N–H and O–H groups in total. The van der Waals surface area contributed by atoms with Gasteiger partial charge in [-0.2, -0.15) is 0 Å². The molecule has 1 aliphatic heterocycles. The zero-order valence-electron chi connectivity index (χ0n) is 17.2. The first-order chi connectivity index (χ1) is 15.5. The molecule has 32 heavy (non-hydrogen) atoms. The van der Waals surface area contributed by atoms with E-state index in [1.165, 1.54) is 12.1 Å². The molecule has 0 atom stereocenters. The van der Waals surface area contributed by atoms with E-state index in [9.17, 15) is 14.7 Å². The molecule has 0 unspecified atom stereocenters. The van der Waals surface area contributed by atoms with Crippen molar-refractivity contribution in [3.63, 3.8) is 0 Å². The van der Waals surface area contributed by atoms with E-state index in [0.29, 0.717) is 39.5 Å². The fourth-order valence-electron chi connectivity index (χ4n) is 3.83. The second-order valence-electron chi connectivity index (χ2n) is 7.56. The molecule has 0 radical (unpaired) electrons. The molecule has 3 aromatic rings. The first-order valence-corrected chi connectivity index (χ1v) is 10.1. The number of carboxylic acid groups (broad SMARTS) is 1. The van der Waals surface area contributed by atoms with Crippen LogP contribution < -0.4 is 10.2 Å². The van der Waals surface area contributed by atoms with E-state index in [1.54, 1.807) is 36.4 Å². The van der Waals surface area contributed by atoms with Gasteiger partial charge in [-0.15, -0.1) is 0 Å². The van der Waals surface area contributed by atoms with Crippen LogP contribution in [0.25, 0.3) is 33.4 Å². The Morgan fingerprint density at radius 1 is 0.844 bits per heavy atom. The van der Waals surface area contributed by atoms with Crippen molar-refractivity contribution in [1.29, 1.82) is 0 Å². The Balaban J connectivity index is 1.76. The third-order valence-electron chi connectivity index (χ3n) is 5.35. The highest BCUT2D eigenvalue weighted by Crippen LogP contribution is 2.42. The van der Waals surface area contributed by atoms with Crippen LogP contribution in [0.1, 0.15) is 15.9 Å². The molecule has 1 aliphatic carbocycles. The first-order valence-electron chi connectivity index (χ1n) is 10.1. The second kappa shape index (κ2) is 7.71. The Morgan fingerprint density at radius 2 is 1.59 bits per heavy atom. The normalized spacial score (nSPS) is 11.0. The highest BCUT2D eigenvalue weighted by atomic mass is 16.5. The van der Waals surface area contributed by atoms with Gasteiger partial charge in [-0.3, -0.25) is 4.79 Å². The van der Waals surface area contributed by atoms with Crippen LogP contribution >= 0.6 is 0 Å². The van der Waals surface area contributed by atoms with E-state index in [1.807, 2.05) is 43.3 Å². The van der Waals surface area contributed by atoms with Gasteiger partial charge in [0.05, 0.1) is 5.56 Å². The summed E-state index contributed by atoms with van der Waals surface area (Å²) in [5.74, 6) is 0.615. The Kier molecular flexibility index (Phi) is 4.71. The van der Waals surface area contributed by atoms with E-state index in [2.05, 4.69) is 0 Å². The van der Waals surface area contributed by atoms with Crippen LogP contribution in [0.15, 0.2) is 94.1 Å². The van der Waals surface area contributed by atoms with Crippen molar-refractivity contribution in [2.45, 2.75) is 6.92 Å². The summed E-state index contributed by atoms with van der Waals surface area (Å²) >= 11 is 0. The molecule has 0 saturated carbocycles. The lowest BCUT2D eigenvalue weighted by molar-refractivity contribution is 0.0697. The molecule has 3 aromatic carbocycles. The highest BCUT2D eigenvalue weighted by molar-refractivity contribution is 6.07. The molecular formula is C27H18O5. The SMILES string of the molecule is Cc1ccc(Oc2ccc3c(-c4ccccc4C(=O)O)c4ccc(=O)cc-4oc3c2)cc1. The summed E-state index contributed by atoms with van der Waals surface area (Å²) in [7, 11) is 0. The minimum absolute atomic E-state index is 0.174. The Labute approximate surface area is 183 Å². The third-order valence-corrected chi connectivity index (χ3v) is 5.35. The largest absolute Gasteiger partial charge is 0.478 e. The summed E-state index contributed by atoms with van der Waals surface area (Å²) < 4.78 is 12.0. The average molecular weight is 422 g/mol. The molecule has 0 bridgehead atoms. The number of hydrogen-bond acceptors (Lipinski definition) is 4. The third kappa shape index (κ3) is 3.50. The summed E-state index contributed by atoms with van der Waals surface area (Å²) in [5.41, 5.74) is 3.52. The van der Waals surface area contributed by atoms with Crippen molar-refractivity contribution in [1.82, 2.24) is 0 Å². The van der Waals surface area contributed by atoms with E-state index >= 15 is 0 Å². The van der Waals surface area contributed by atoms with Crippen LogP contribution in [-0.2, 0) is 0 Å². The van der Waals surface area contributed by atoms with Gasteiger partial charge in [-0.25, -0.2) is 4.79 Å². The van der Waals surface area contributed by atoms with Crippen molar-refractivity contribution < 1.29 is 19.1 Å². The Bertz CT molecular complexity index is 1500. The first kappa shape index (κ1) is 19.6. The second-order valence-corrected chi connectivity index (χ2v) is 7.56. The molecule has 1 heterocycles. The van der Waals surface area contributed by atoms with Gasteiger partial charge in [0.15, 0.2) is 5.43 Å². The van der Waals surface area contributed by atoms with Crippen LogP contribution in [-0.4, -0.2) is 11.1 Å². The molecule has 0 saturated heterocycles. The lowest BCUT2D eigenvalue weighted by atomic mass is 9.91. The number of ether oxygens (including phenoxy) is 1. The van der Waals surface area contributed by atoms with Gasteiger partial charge in [0.2, 0.25) is 0 Å². The van der Waals surface area contributed by atoms with Crippen molar-refractivity contribution >= 4 is 16.9 Å². The molecule has 0 amide bonds. The number of rotatable bonds is 4. The lowest BCUT2D eigenvalue weighted by Crippen LogP contribution is -2.03. The van der Waals surface area contributed by atoms with E-state index in [4.69, 9.17) is 9.15 Å². The van der Waals surface area contributed by atoms with Crippen LogP contribution in [0.5, 0.6) is 11.5 Å². The van der Waals surface area contributed by atoms with Gasteiger partial charge in [0, 0.05) is 28.6 Å². The molecule has 156 valence electrons. The zero-order valence-corrected chi connectivity index (χ0v) is 17.2. The predicted octanol–water partition coefficient (Wildman–Crippen LogP) is 6.36. The van der Waals surface area contributed by atoms with Gasteiger partial charge < -0.3 is 14.3 Å². The fraction of sp³-hybridized carbons (Fsp3) is 0.0370. The molecule has 5 rings (SSSR count). The van der Waals surface area contributed by atoms with Crippen LogP contribution in [0.2, 0.25) is 0 Å². The van der Waals surface area contributed by atoms with Crippen molar-refractivity contribution in [3.8, 4) is 33.9 Å². The van der Waals surface area contributed by atoms with Gasteiger partial charge in [-0.1, -0.05) is 35.9 Å². The number of fused-ring (bicyclic) bond motifs is 2. The van der Waals surface area contributed by atoms with E-state index in [0.717, 1.165) is 10.9 Å². The minimum atomic E-state index is -1.03. The number of hydrogen-bond donors (Lipinski definition) is 1. The maximum atomic E-state index is 12.0. The van der Waals surface area contributed by atoms with E-state index < -0.39 is 5.97 Å². The molecule has 5 nitrogen and oxygen atoms in total. The van der Waals surface area contributed by atoms with Crippen molar-refractivity contribution in [2.24, 2.45) is 0 Å². The Morgan fingerprint density at radius 3 is 2.38 bits per heavy atom. The molecule has 5 heteroatoms. The van der Waals surface area contributed by atoms with Gasteiger partial charge in [0.1, 0.15) is 22.8 Å². The zero-order chi connectivity index (χ0) is 22.2. The van der Waals surface area contributed by atoms with Crippen LogP contribution in [0, 0.1) is 6.92 Å². The maximum absolute atomic E-state index is 12.0. The summed E-state index contributed by atoms with van der Waals surface area (Å²) in [6.07, 6.45) is 0. The number of carbonyl (C=O) groups is 1. The Hall–Kier alpha value is -4.38. The average Bonchev–Trinajstić information content (AvgIpc) is 2.79. The summed E-state index contributed by atoms with van der Waals surface area (Å²) in [5, 5.41) is 10.5. The molecule has 0 aromatic heterocycles. The molecule has 0 fully saturated rings. The predicted molar refractivity (Wildman–Crippen MR) is 123 cm³/mol. The van der Waals surface area contributed by atoms with Gasteiger partial charge in [0.25, 0.3) is 0 Å². The van der Waals surface area contributed by atoms with E-state index in [-0.39, 0.29) is 11.0 Å². The molecule has 2 aliphatic rings. The lowest BCUT2D eigenvalue weighted by Gasteiger charge is -2.17. The van der Waals surface area contributed by atoms with Gasteiger partial charge >= 0.3 is 5.97 Å². The summed E-state index contributed by atoms with van der Waals surface area (Å²) in [6, 6.07) is 24.5. The van der Waals surface area contributed by atoms with Crippen LogP contribution in [0.4, 0.5) is 0 Å². The molecular weight excluding hydrogens is 404 g/mol. The topological polar surface area (TPSA) is 76.7 Å². The summed E-state index contributed by atoms with van der Waals surface area (Å²) in [6.45, 7) is 2.00. The van der Waals surface area contributed by atoms with Crippen molar-refractivity contribution in [3.05, 3.63) is 106 Å². The van der Waals surface area contributed by atoms with Crippen LogP contribution in [0.3, 0.4) is 0 Å². The molecule has 0 spiro atoms. The van der Waals surface area contributed by atoms with Crippen molar-refractivity contribution in [2.75, 3.05) is 0 Å². The number of carboxylic acids is 1. The minimum Gasteiger partial charge on any atom is -0.478 e.